The molecule has 1 saturated heterocycles. The summed E-state index contributed by atoms with van der Waals surface area (Å²) in [6.45, 7) is 1.02. The zero-order valence-corrected chi connectivity index (χ0v) is 9.67. The monoisotopic (exact) mass is 261 g/mol. The number of benzene rings is 1. The molecule has 0 saturated carbocycles. The van der Waals surface area contributed by atoms with E-state index in [-0.39, 0.29) is 17.5 Å². The minimum atomic E-state index is -4.39. The van der Waals surface area contributed by atoms with E-state index in [4.69, 9.17) is 15.2 Å². The van der Waals surface area contributed by atoms with Gasteiger partial charge in [0.2, 0.25) is 0 Å². The van der Waals surface area contributed by atoms with E-state index in [1.807, 2.05) is 0 Å². The molecule has 1 heterocycles. The predicted octanol–water partition coefficient (Wildman–Crippen LogP) is 2.85. The van der Waals surface area contributed by atoms with Gasteiger partial charge in [0.15, 0.2) is 0 Å². The fraction of sp³-hybridized carbons (Fsp3) is 0.500. The van der Waals surface area contributed by atoms with Crippen LogP contribution in [-0.2, 0) is 10.9 Å². The Balaban J connectivity index is 2.01. The molecule has 1 fully saturated rings. The first-order chi connectivity index (χ1) is 8.47. The predicted molar refractivity (Wildman–Crippen MR) is 60.3 cm³/mol. The van der Waals surface area contributed by atoms with Crippen LogP contribution in [0, 0.1) is 0 Å². The average Bonchev–Trinajstić information content (AvgIpc) is 2.79. The third-order valence-electron chi connectivity index (χ3n) is 2.79. The van der Waals surface area contributed by atoms with Crippen molar-refractivity contribution in [2.75, 3.05) is 18.9 Å². The van der Waals surface area contributed by atoms with E-state index in [9.17, 15) is 13.2 Å². The van der Waals surface area contributed by atoms with Crippen molar-refractivity contribution in [1.29, 1.82) is 0 Å². The molecule has 6 heteroatoms. The quantitative estimate of drug-likeness (QED) is 0.851. The molecule has 1 aliphatic heterocycles. The number of anilines is 1. The summed E-state index contributed by atoms with van der Waals surface area (Å²) >= 11 is 0. The molecule has 1 aromatic rings. The number of nitrogen functional groups attached to an aromatic ring is 1. The molecule has 0 spiro atoms. The van der Waals surface area contributed by atoms with Crippen molar-refractivity contribution >= 4 is 5.69 Å². The molecule has 2 rings (SSSR count). The zero-order valence-electron chi connectivity index (χ0n) is 9.67. The van der Waals surface area contributed by atoms with Gasteiger partial charge in [0.05, 0.1) is 17.4 Å². The Morgan fingerprint density at radius 2 is 2.17 bits per heavy atom. The van der Waals surface area contributed by atoms with E-state index in [0.29, 0.717) is 13.2 Å². The molecule has 1 aliphatic rings. The number of nitrogens with two attached hydrogens (primary N) is 1. The summed E-state index contributed by atoms with van der Waals surface area (Å²) in [6, 6.07) is 3.08. The van der Waals surface area contributed by atoms with Crippen molar-refractivity contribution < 1.29 is 22.6 Å². The standard InChI is InChI=1S/C12H14F3NO2/c13-12(14,15)8-3-4-11(10(16)6-8)18-7-9-2-1-5-17-9/h3-4,6,9H,1-2,5,7,16H2. The maximum atomic E-state index is 12.4. The van der Waals surface area contributed by atoms with Gasteiger partial charge in [0, 0.05) is 6.61 Å². The molecular formula is C12H14F3NO2. The lowest BCUT2D eigenvalue weighted by molar-refractivity contribution is -0.137. The normalized spacial score (nSPS) is 20.1. The Bertz CT molecular complexity index is 414. The number of alkyl halides is 3. The summed E-state index contributed by atoms with van der Waals surface area (Å²) in [5.74, 6) is 0.262. The Kier molecular flexibility index (Phi) is 3.65. The van der Waals surface area contributed by atoms with Crippen LogP contribution in [0.3, 0.4) is 0 Å². The zero-order chi connectivity index (χ0) is 13.2. The summed E-state index contributed by atoms with van der Waals surface area (Å²) < 4.78 is 48.0. The van der Waals surface area contributed by atoms with Gasteiger partial charge < -0.3 is 15.2 Å². The van der Waals surface area contributed by atoms with E-state index in [2.05, 4.69) is 0 Å². The van der Waals surface area contributed by atoms with Gasteiger partial charge in [-0.05, 0) is 31.0 Å². The Morgan fingerprint density at radius 1 is 1.39 bits per heavy atom. The van der Waals surface area contributed by atoms with Gasteiger partial charge in [-0.3, -0.25) is 0 Å². The molecular weight excluding hydrogens is 247 g/mol. The van der Waals surface area contributed by atoms with Gasteiger partial charge in [0.1, 0.15) is 12.4 Å². The smallest absolute Gasteiger partial charge is 0.416 e. The van der Waals surface area contributed by atoms with Crippen molar-refractivity contribution in [3.8, 4) is 5.75 Å². The van der Waals surface area contributed by atoms with Gasteiger partial charge >= 0.3 is 6.18 Å². The first kappa shape index (κ1) is 13.0. The van der Waals surface area contributed by atoms with Crippen LogP contribution in [0.4, 0.5) is 18.9 Å². The summed E-state index contributed by atoms with van der Waals surface area (Å²) in [5, 5.41) is 0. The fourth-order valence-electron chi connectivity index (χ4n) is 1.81. The van der Waals surface area contributed by atoms with Gasteiger partial charge in [-0.1, -0.05) is 0 Å². The fourth-order valence-corrected chi connectivity index (χ4v) is 1.81. The molecule has 3 nitrogen and oxygen atoms in total. The van der Waals surface area contributed by atoms with E-state index in [1.165, 1.54) is 6.07 Å². The van der Waals surface area contributed by atoms with Crippen LogP contribution in [0.25, 0.3) is 0 Å². The minimum absolute atomic E-state index is 0.00620. The van der Waals surface area contributed by atoms with Crippen molar-refractivity contribution in [3.05, 3.63) is 23.8 Å². The van der Waals surface area contributed by atoms with Gasteiger partial charge in [-0.25, -0.2) is 0 Å². The highest BCUT2D eigenvalue weighted by Gasteiger charge is 2.31. The van der Waals surface area contributed by atoms with Crippen LogP contribution in [0.2, 0.25) is 0 Å². The second-order valence-electron chi connectivity index (χ2n) is 4.20. The van der Waals surface area contributed by atoms with Crippen molar-refractivity contribution in [3.63, 3.8) is 0 Å². The molecule has 1 aromatic carbocycles. The lowest BCUT2D eigenvalue weighted by Crippen LogP contribution is -2.17. The Morgan fingerprint density at radius 3 is 2.72 bits per heavy atom. The molecule has 0 amide bonds. The van der Waals surface area contributed by atoms with Crippen LogP contribution >= 0.6 is 0 Å². The second-order valence-corrected chi connectivity index (χ2v) is 4.20. The van der Waals surface area contributed by atoms with Crippen LogP contribution in [-0.4, -0.2) is 19.3 Å². The number of ether oxygens (including phenoxy) is 2. The molecule has 1 unspecified atom stereocenters. The molecule has 18 heavy (non-hydrogen) atoms. The summed E-state index contributed by atoms with van der Waals surface area (Å²) in [5.41, 5.74) is 4.75. The van der Waals surface area contributed by atoms with Crippen molar-refractivity contribution in [1.82, 2.24) is 0 Å². The van der Waals surface area contributed by atoms with Crippen LogP contribution in [0.5, 0.6) is 5.75 Å². The Labute approximate surface area is 103 Å². The van der Waals surface area contributed by atoms with Crippen LogP contribution in [0.1, 0.15) is 18.4 Å². The molecule has 0 aromatic heterocycles. The lowest BCUT2D eigenvalue weighted by Gasteiger charge is -2.14. The average molecular weight is 261 g/mol. The first-order valence-electron chi connectivity index (χ1n) is 5.68. The number of halogens is 3. The van der Waals surface area contributed by atoms with Crippen LogP contribution < -0.4 is 10.5 Å². The Hall–Kier alpha value is -1.43. The topological polar surface area (TPSA) is 44.5 Å². The molecule has 100 valence electrons. The molecule has 2 N–H and O–H groups in total. The van der Waals surface area contributed by atoms with E-state index in [1.54, 1.807) is 0 Å². The second kappa shape index (κ2) is 5.06. The maximum absolute atomic E-state index is 12.4. The summed E-state index contributed by atoms with van der Waals surface area (Å²) in [6.07, 6.45) is -2.50. The van der Waals surface area contributed by atoms with Gasteiger partial charge in [-0.2, -0.15) is 13.2 Å². The molecule has 0 aliphatic carbocycles. The van der Waals surface area contributed by atoms with Crippen LogP contribution in [0.15, 0.2) is 18.2 Å². The number of hydrogen-bond acceptors (Lipinski definition) is 3. The molecule has 0 bridgehead atoms. The number of hydrogen-bond donors (Lipinski definition) is 1. The molecule has 1 atom stereocenters. The number of rotatable bonds is 3. The third-order valence-corrected chi connectivity index (χ3v) is 2.79. The highest BCUT2D eigenvalue weighted by Crippen LogP contribution is 2.33. The highest BCUT2D eigenvalue weighted by atomic mass is 19.4. The van der Waals surface area contributed by atoms with Crippen molar-refractivity contribution in [2.24, 2.45) is 0 Å². The highest BCUT2D eigenvalue weighted by molar-refractivity contribution is 5.54. The van der Waals surface area contributed by atoms with E-state index >= 15 is 0 Å². The van der Waals surface area contributed by atoms with Gasteiger partial charge in [-0.15, -0.1) is 0 Å². The minimum Gasteiger partial charge on any atom is -0.489 e. The SMILES string of the molecule is Nc1cc(C(F)(F)F)ccc1OCC1CCCO1. The van der Waals surface area contributed by atoms with E-state index in [0.717, 1.165) is 25.0 Å². The third kappa shape index (κ3) is 3.07. The van der Waals surface area contributed by atoms with Crippen molar-refractivity contribution in [2.45, 2.75) is 25.1 Å². The maximum Gasteiger partial charge on any atom is 0.416 e. The largest absolute Gasteiger partial charge is 0.489 e. The van der Waals surface area contributed by atoms with Gasteiger partial charge in [0.25, 0.3) is 0 Å². The lowest BCUT2D eigenvalue weighted by atomic mass is 10.2. The first-order valence-corrected chi connectivity index (χ1v) is 5.68. The van der Waals surface area contributed by atoms with E-state index < -0.39 is 11.7 Å². The molecule has 0 radical (unpaired) electrons. The summed E-state index contributed by atoms with van der Waals surface area (Å²) in [4.78, 5) is 0. The summed E-state index contributed by atoms with van der Waals surface area (Å²) in [7, 11) is 0.